The van der Waals surface area contributed by atoms with Crippen molar-refractivity contribution < 1.29 is 43.6 Å². The summed E-state index contributed by atoms with van der Waals surface area (Å²) in [5.74, 6) is 0.0442. The zero-order valence-electron chi connectivity index (χ0n) is 18.6. The molecule has 0 bridgehead atoms. The fourth-order valence-corrected chi connectivity index (χ4v) is 5.99. The van der Waals surface area contributed by atoms with Gasteiger partial charge < -0.3 is 4.74 Å². The number of benzene rings is 4. The summed E-state index contributed by atoms with van der Waals surface area (Å²) >= 11 is 0. The van der Waals surface area contributed by atoms with E-state index >= 15 is 0 Å². The van der Waals surface area contributed by atoms with Crippen LogP contribution in [-0.2, 0) is 30.4 Å². The molecule has 4 rings (SSSR count). The van der Waals surface area contributed by atoms with Crippen LogP contribution in [-0.4, -0.2) is 134 Å². The topological polar surface area (TPSA) is 172 Å². The zero-order chi connectivity index (χ0) is 22.9. The molecule has 0 atom stereocenters. The van der Waals surface area contributed by atoms with Crippen LogP contribution < -0.4 is 4.74 Å². The van der Waals surface area contributed by atoms with E-state index in [4.69, 9.17) is 4.74 Å². The molecule has 0 heterocycles. The second-order valence-electron chi connectivity index (χ2n) is 6.68. The average molecular weight is 555 g/mol. The third-order valence-corrected chi connectivity index (χ3v) is 7.56. The Balaban J connectivity index is 0.00000193. The van der Waals surface area contributed by atoms with Crippen molar-refractivity contribution in [2.45, 2.75) is 21.6 Å². The van der Waals surface area contributed by atoms with E-state index in [9.17, 15) is 38.9 Å². The molecule has 0 aliphatic rings. The van der Waals surface area contributed by atoms with Crippen LogP contribution in [0.15, 0.2) is 51.1 Å². The second-order valence-corrected chi connectivity index (χ2v) is 10.8. The first-order valence-corrected chi connectivity index (χ1v) is 12.9. The number of ether oxygens (including phenoxy) is 1. The smallest absolute Gasteiger partial charge is 0.295 e. The molecule has 0 saturated heterocycles. The molecule has 10 nitrogen and oxygen atoms in total. The molecule has 0 unspecified atom stereocenters. The Kier molecular flexibility index (Phi) is 10.6. The molecule has 3 radical (unpaired) electrons. The summed E-state index contributed by atoms with van der Waals surface area (Å²) in [7, 11) is -14.6. The molecule has 16 heteroatoms. The molecule has 167 valence electrons. The van der Waals surface area contributed by atoms with Crippen molar-refractivity contribution in [2.75, 3.05) is 6.61 Å². The van der Waals surface area contributed by atoms with E-state index in [-0.39, 0.29) is 128 Å². The molecular formula is C18H14Na3O10S3. The minimum atomic E-state index is -4.94. The molecule has 0 spiro atoms. The molecule has 3 N–H and O–H groups in total. The summed E-state index contributed by atoms with van der Waals surface area (Å²) in [4.78, 5) is -2.13. The maximum atomic E-state index is 12.0. The SMILES string of the molecule is CCOc1cc(S(=O)(=O)O)c2ccc3c(S(=O)(=O)O)cc(S(=O)(=O)O)c4ccc1c2c43.[Na].[Na].[Na]. The van der Waals surface area contributed by atoms with E-state index in [0.717, 1.165) is 6.07 Å². The Hall–Kier alpha value is 0.450. The van der Waals surface area contributed by atoms with Gasteiger partial charge in [-0.25, -0.2) is 0 Å². The van der Waals surface area contributed by atoms with Crippen LogP contribution in [0, 0.1) is 0 Å². The molecule has 4 aromatic carbocycles. The van der Waals surface area contributed by atoms with Gasteiger partial charge in [-0.1, -0.05) is 18.2 Å². The molecule has 0 aliphatic heterocycles. The van der Waals surface area contributed by atoms with Crippen molar-refractivity contribution in [3.63, 3.8) is 0 Å². The van der Waals surface area contributed by atoms with E-state index in [1.54, 1.807) is 6.92 Å². The van der Waals surface area contributed by atoms with Crippen molar-refractivity contribution in [3.8, 4) is 5.75 Å². The summed E-state index contributed by atoms with van der Waals surface area (Å²) in [5.41, 5.74) is 0. The van der Waals surface area contributed by atoms with Gasteiger partial charge >= 0.3 is 0 Å². The minimum absolute atomic E-state index is 0. The summed E-state index contributed by atoms with van der Waals surface area (Å²) in [6, 6.07) is 6.86. The fourth-order valence-electron chi connectivity index (χ4n) is 3.78. The van der Waals surface area contributed by atoms with Gasteiger partial charge in [0.2, 0.25) is 0 Å². The van der Waals surface area contributed by atoms with Crippen molar-refractivity contribution in [2.24, 2.45) is 0 Å². The maximum Gasteiger partial charge on any atom is 0.295 e. The molecule has 4 aromatic rings. The van der Waals surface area contributed by atoms with Crippen molar-refractivity contribution in [1.82, 2.24) is 0 Å². The third-order valence-electron chi connectivity index (χ3n) is 4.88. The Morgan fingerprint density at radius 1 is 0.618 bits per heavy atom. The number of hydrogen-bond donors (Lipinski definition) is 3. The van der Waals surface area contributed by atoms with Crippen LogP contribution in [0.2, 0.25) is 0 Å². The Morgan fingerprint density at radius 2 is 0.941 bits per heavy atom. The zero-order valence-corrected chi connectivity index (χ0v) is 27.0. The molecule has 0 aromatic heterocycles. The Bertz CT molecular complexity index is 1670. The van der Waals surface area contributed by atoms with Crippen LogP contribution in [0.1, 0.15) is 6.92 Å². The van der Waals surface area contributed by atoms with Gasteiger partial charge in [0, 0.05) is 127 Å². The first kappa shape index (κ1) is 32.5. The van der Waals surface area contributed by atoms with Crippen LogP contribution in [0.3, 0.4) is 0 Å². The molecule has 0 amide bonds. The van der Waals surface area contributed by atoms with Crippen molar-refractivity contribution in [3.05, 3.63) is 36.4 Å². The first-order valence-electron chi connectivity index (χ1n) is 8.59. The van der Waals surface area contributed by atoms with Gasteiger partial charge in [-0.2, -0.15) is 25.3 Å². The second kappa shape index (κ2) is 11.1. The summed E-state index contributed by atoms with van der Waals surface area (Å²) in [6.07, 6.45) is 0. The minimum Gasteiger partial charge on any atom is -0.493 e. The number of rotatable bonds is 5. The molecule has 34 heavy (non-hydrogen) atoms. The van der Waals surface area contributed by atoms with E-state index < -0.39 is 45.0 Å². The van der Waals surface area contributed by atoms with Gasteiger partial charge in [-0.3, -0.25) is 13.7 Å². The maximum absolute atomic E-state index is 12.0. The van der Waals surface area contributed by atoms with Gasteiger partial charge in [0.15, 0.2) is 0 Å². The number of hydrogen-bond acceptors (Lipinski definition) is 7. The van der Waals surface area contributed by atoms with E-state index in [1.165, 1.54) is 24.3 Å². The van der Waals surface area contributed by atoms with Crippen LogP contribution >= 0.6 is 0 Å². The van der Waals surface area contributed by atoms with Gasteiger partial charge in [-0.05, 0) is 19.1 Å². The van der Waals surface area contributed by atoms with Crippen LogP contribution in [0.4, 0.5) is 0 Å². The van der Waals surface area contributed by atoms with E-state index in [1.807, 2.05) is 0 Å². The molecular weight excluding hydrogens is 541 g/mol. The van der Waals surface area contributed by atoms with Gasteiger partial charge in [-0.15, -0.1) is 0 Å². The van der Waals surface area contributed by atoms with Crippen molar-refractivity contribution >= 4 is 151 Å². The quantitative estimate of drug-likeness (QED) is 0.186. The van der Waals surface area contributed by atoms with E-state index in [2.05, 4.69) is 0 Å². The molecule has 0 aliphatic carbocycles. The predicted molar refractivity (Wildman–Crippen MR) is 128 cm³/mol. The summed E-state index contributed by atoms with van der Waals surface area (Å²) in [5, 5.41) is 0.0630. The average Bonchev–Trinajstić information content (AvgIpc) is 2.63. The standard InChI is InChI=1S/C18H14O10S3.3Na/c1-2-28-13-7-14(29(19,20)21)10-5-6-12-16(31(25,26)27)8-15(30(22,23)24)11-4-3-9(13)17(10)18(11)12;;;/h3-8H,2H2,1H3,(H,19,20,21)(H,22,23,24)(H,25,26,27);;;. The Labute approximate surface area is 261 Å². The van der Waals surface area contributed by atoms with Gasteiger partial charge in [0.25, 0.3) is 30.4 Å². The van der Waals surface area contributed by atoms with Gasteiger partial charge in [0.1, 0.15) is 20.4 Å². The fraction of sp³-hybridized carbons (Fsp3) is 0.111. The predicted octanol–water partition coefficient (Wildman–Crippen LogP) is 1.58. The van der Waals surface area contributed by atoms with Crippen LogP contribution in [0.5, 0.6) is 5.75 Å². The first-order chi connectivity index (χ1) is 14.2. The molecule has 0 saturated carbocycles. The van der Waals surface area contributed by atoms with Gasteiger partial charge in [0.05, 0.1) is 6.61 Å². The van der Waals surface area contributed by atoms with Crippen LogP contribution in [0.25, 0.3) is 32.3 Å². The monoisotopic (exact) mass is 555 g/mol. The van der Waals surface area contributed by atoms with E-state index in [0.29, 0.717) is 11.5 Å². The normalized spacial score (nSPS) is 12.2. The largest absolute Gasteiger partial charge is 0.493 e. The van der Waals surface area contributed by atoms with Crippen molar-refractivity contribution in [1.29, 1.82) is 0 Å². The summed E-state index contributed by atoms with van der Waals surface area (Å²) < 4.78 is 106. The molecule has 0 fully saturated rings. The summed E-state index contributed by atoms with van der Waals surface area (Å²) in [6.45, 7) is 1.76. The Morgan fingerprint density at radius 3 is 1.29 bits per heavy atom. The third kappa shape index (κ3) is 5.64.